The van der Waals surface area contributed by atoms with E-state index in [0.717, 1.165) is 18.0 Å². The minimum Gasteiger partial charge on any atom is -0.490 e. The molecule has 3 rings (SSSR count). The summed E-state index contributed by atoms with van der Waals surface area (Å²) in [6.07, 6.45) is 2.83. The second-order valence-corrected chi connectivity index (χ2v) is 5.71. The first-order valence-electron chi connectivity index (χ1n) is 7.68. The maximum Gasteiger partial charge on any atom is 0.119 e. The van der Waals surface area contributed by atoms with Gasteiger partial charge in [0.2, 0.25) is 0 Å². The smallest absolute Gasteiger partial charge is 0.119 e. The normalized spacial score (nSPS) is 16.0. The molecule has 4 heteroatoms. The van der Waals surface area contributed by atoms with Crippen molar-refractivity contribution in [2.24, 2.45) is 7.05 Å². The highest BCUT2D eigenvalue weighted by Crippen LogP contribution is 2.29. The van der Waals surface area contributed by atoms with Gasteiger partial charge in [-0.2, -0.15) is 5.10 Å². The number of aromatic nitrogens is 2. The van der Waals surface area contributed by atoms with Crippen molar-refractivity contribution in [3.63, 3.8) is 0 Å². The lowest BCUT2D eigenvalue weighted by molar-refractivity contribution is 0.303. The predicted molar refractivity (Wildman–Crippen MR) is 83.6 cm³/mol. The molecule has 21 heavy (non-hydrogen) atoms. The van der Waals surface area contributed by atoms with Crippen LogP contribution < -0.4 is 10.1 Å². The molecule has 1 atom stereocenters. The largest absolute Gasteiger partial charge is 0.490 e. The zero-order valence-electron chi connectivity index (χ0n) is 13.0. The number of ether oxygens (including phenoxy) is 1. The van der Waals surface area contributed by atoms with Crippen LogP contribution in [0.25, 0.3) is 0 Å². The molecule has 0 spiro atoms. The van der Waals surface area contributed by atoms with Gasteiger partial charge in [-0.15, -0.1) is 0 Å². The van der Waals surface area contributed by atoms with Gasteiger partial charge in [0, 0.05) is 7.05 Å². The molecule has 1 unspecified atom stereocenters. The number of rotatable bonds is 6. The molecule has 1 aromatic heterocycles. The lowest BCUT2D eigenvalue weighted by atomic mass is 10.0. The number of nitrogens with zero attached hydrogens (tertiary/aromatic N) is 2. The van der Waals surface area contributed by atoms with Gasteiger partial charge in [0.15, 0.2) is 0 Å². The highest BCUT2D eigenvalue weighted by atomic mass is 16.5. The molecule has 0 bridgehead atoms. The Bertz CT molecular complexity index is 599. The average molecular weight is 285 g/mol. The van der Waals surface area contributed by atoms with Gasteiger partial charge < -0.3 is 10.1 Å². The molecule has 1 aromatic carbocycles. The van der Waals surface area contributed by atoms with E-state index in [-0.39, 0.29) is 6.04 Å². The van der Waals surface area contributed by atoms with Gasteiger partial charge in [-0.05, 0) is 50.1 Å². The summed E-state index contributed by atoms with van der Waals surface area (Å²) < 4.78 is 7.77. The molecular weight excluding hydrogens is 262 g/mol. The van der Waals surface area contributed by atoms with E-state index in [2.05, 4.69) is 47.7 Å². The SMILES string of the molecule is CCNC(c1ccc(OC2CC2)cc1)c1cc(C)nn1C. The zero-order chi connectivity index (χ0) is 14.8. The van der Waals surface area contributed by atoms with Gasteiger partial charge in [0.25, 0.3) is 0 Å². The van der Waals surface area contributed by atoms with Crippen molar-refractivity contribution in [2.75, 3.05) is 6.54 Å². The first-order valence-corrected chi connectivity index (χ1v) is 7.68. The maximum absolute atomic E-state index is 5.82. The summed E-state index contributed by atoms with van der Waals surface area (Å²) in [4.78, 5) is 0. The van der Waals surface area contributed by atoms with Crippen LogP contribution in [0.3, 0.4) is 0 Å². The Kier molecular flexibility index (Phi) is 3.97. The second kappa shape index (κ2) is 5.90. The predicted octanol–water partition coefficient (Wildman–Crippen LogP) is 2.97. The van der Waals surface area contributed by atoms with E-state index >= 15 is 0 Å². The number of hydrogen-bond acceptors (Lipinski definition) is 3. The van der Waals surface area contributed by atoms with E-state index in [0.29, 0.717) is 6.10 Å². The summed E-state index contributed by atoms with van der Waals surface area (Å²) in [6.45, 7) is 5.06. The molecule has 0 radical (unpaired) electrons. The highest BCUT2D eigenvalue weighted by molar-refractivity contribution is 5.34. The first-order chi connectivity index (χ1) is 10.2. The van der Waals surface area contributed by atoms with Crippen molar-refractivity contribution >= 4 is 0 Å². The summed E-state index contributed by atoms with van der Waals surface area (Å²) in [6, 6.07) is 10.7. The van der Waals surface area contributed by atoms with Crippen molar-refractivity contribution in [2.45, 2.75) is 38.8 Å². The van der Waals surface area contributed by atoms with E-state index in [1.165, 1.54) is 24.1 Å². The summed E-state index contributed by atoms with van der Waals surface area (Å²) in [5, 5.41) is 8.00. The number of benzene rings is 1. The Morgan fingerprint density at radius 2 is 2.05 bits per heavy atom. The third-order valence-corrected chi connectivity index (χ3v) is 3.78. The molecule has 1 fully saturated rings. The maximum atomic E-state index is 5.82. The van der Waals surface area contributed by atoms with Gasteiger partial charge in [0.1, 0.15) is 5.75 Å². The van der Waals surface area contributed by atoms with Crippen LogP contribution in [0.2, 0.25) is 0 Å². The van der Waals surface area contributed by atoms with Crippen molar-refractivity contribution < 1.29 is 4.74 Å². The van der Waals surface area contributed by atoms with Crippen LogP contribution in [0, 0.1) is 6.92 Å². The average Bonchev–Trinajstić information content (AvgIpc) is 3.21. The standard InChI is InChI=1S/C17H23N3O/c1-4-18-17(16-11-12(2)19-20(16)3)13-5-7-14(8-6-13)21-15-9-10-15/h5-8,11,15,17-18H,4,9-10H2,1-3H3. The van der Waals surface area contributed by atoms with E-state index in [1.54, 1.807) is 0 Å². The first kappa shape index (κ1) is 14.1. The molecule has 2 aromatic rings. The highest BCUT2D eigenvalue weighted by Gasteiger charge is 2.23. The topological polar surface area (TPSA) is 39.1 Å². The molecule has 112 valence electrons. The van der Waals surface area contributed by atoms with Gasteiger partial charge in [-0.1, -0.05) is 19.1 Å². The van der Waals surface area contributed by atoms with Crippen molar-refractivity contribution in [1.82, 2.24) is 15.1 Å². The fraction of sp³-hybridized carbons (Fsp3) is 0.471. The second-order valence-electron chi connectivity index (χ2n) is 5.71. The van der Waals surface area contributed by atoms with Crippen LogP contribution in [0.5, 0.6) is 5.75 Å². The monoisotopic (exact) mass is 285 g/mol. The van der Waals surface area contributed by atoms with Crippen LogP contribution >= 0.6 is 0 Å². The Morgan fingerprint density at radius 1 is 1.33 bits per heavy atom. The van der Waals surface area contributed by atoms with E-state index in [9.17, 15) is 0 Å². The van der Waals surface area contributed by atoms with Crippen molar-refractivity contribution in [3.8, 4) is 5.75 Å². The quantitative estimate of drug-likeness (QED) is 0.887. The van der Waals surface area contributed by atoms with Crippen LogP contribution in [0.15, 0.2) is 30.3 Å². The lowest BCUT2D eigenvalue weighted by Gasteiger charge is -2.19. The number of nitrogens with one attached hydrogen (secondary N) is 1. The summed E-state index contributed by atoms with van der Waals surface area (Å²) in [5.41, 5.74) is 3.47. The molecule has 1 N–H and O–H groups in total. The summed E-state index contributed by atoms with van der Waals surface area (Å²) in [5.74, 6) is 0.970. The number of aryl methyl sites for hydroxylation is 2. The zero-order valence-corrected chi connectivity index (χ0v) is 13.0. The van der Waals surface area contributed by atoms with Gasteiger partial charge >= 0.3 is 0 Å². The molecule has 1 saturated carbocycles. The van der Waals surface area contributed by atoms with Gasteiger partial charge in [-0.25, -0.2) is 0 Å². The Hall–Kier alpha value is -1.81. The van der Waals surface area contributed by atoms with Crippen molar-refractivity contribution in [1.29, 1.82) is 0 Å². The minimum atomic E-state index is 0.163. The minimum absolute atomic E-state index is 0.163. The Morgan fingerprint density at radius 3 is 2.57 bits per heavy atom. The van der Waals surface area contributed by atoms with Crippen LogP contribution in [-0.4, -0.2) is 22.4 Å². The van der Waals surface area contributed by atoms with Crippen LogP contribution in [0.4, 0.5) is 0 Å². The molecular formula is C17H23N3O. The summed E-state index contributed by atoms with van der Waals surface area (Å²) >= 11 is 0. The Balaban J connectivity index is 1.84. The van der Waals surface area contributed by atoms with E-state index in [4.69, 9.17) is 4.74 Å². The molecule has 4 nitrogen and oxygen atoms in total. The molecule has 0 amide bonds. The Labute approximate surface area is 126 Å². The third-order valence-electron chi connectivity index (χ3n) is 3.78. The fourth-order valence-corrected chi connectivity index (χ4v) is 2.62. The fourth-order valence-electron chi connectivity index (χ4n) is 2.62. The molecule has 1 aliphatic rings. The van der Waals surface area contributed by atoms with Crippen LogP contribution in [0.1, 0.15) is 42.8 Å². The lowest BCUT2D eigenvalue weighted by Crippen LogP contribution is -2.24. The van der Waals surface area contributed by atoms with E-state index in [1.807, 2.05) is 18.7 Å². The van der Waals surface area contributed by atoms with Crippen molar-refractivity contribution in [3.05, 3.63) is 47.3 Å². The van der Waals surface area contributed by atoms with Gasteiger partial charge in [-0.3, -0.25) is 4.68 Å². The number of hydrogen-bond donors (Lipinski definition) is 1. The van der Waals surface area contributed by atoms with Crippen LogP contribution in [-0.2, 0) is 7.05 Å². The molecule has 0 aliphatic heterocycles. The molecule has 1 aliphatic carbocycles. The molecule has 0 saturated heterocycles. The summed E-state index contributed by atoms with van der Waals surface area (Å²) in [7, 11) is 2.00. The third kappa shape index (κ3) is 3.27. The molecule has 1 heterocycles. The van der Waals surface area contributed by atoms with E-state index < -0.39 is 0 Å². The van der Waals surface area contributed by atoms with Gasteiger partial charge in [0.05, 0.1) is 23.5 Å².